The summed E-state index contributed by atoms with van der Waals surface area (Å²) in [5, 5.41) is 4.28. The SMILES string of the molecule is Cc1ncnn2c(CCCCOCP(=O)(OCOC(=O)OC(C)C)OCOC(=O)OC(C)C)ccc12. The van der Waals surface area contributed by atoms with Gasteiger partial charge in [0.05, 0.1) is 23.4 Å². The summed E-state index contributed by atoms with van der Waals surface area (Å²) in [6.07, 6.45) is 0.498. The molecule has 36 heavy (non-hydrogen) atoms. The average Bonchev–Trinajstić information content (AvgIpc) is 3.19. The quantitative estimate of drug-likeness (QED) is 0.137. The smallest absolute Gasteiger partial charge is 0.432 e. The third kappa shape index (κ3) is 10.5. The molecule has 0 spiro atoms. The van der Waals surface area contributed by atoms with E-state index >= 15 is 0 Å². The van der Waals surface area contributed by atoms with Crippen LogP contribution in [0.4, 0.5) is 9.59 Å². The van der Waals surface area contributed by atoms with Crippen LogP contribution in [0.2, 0.25) is 0 Å². The van der Waals surface area contributed by atoms with Gasteiger partial charge in [0.1, 0.15) is 12.7 Å². The van der Waals surface area contributed by atoms with E-state index in [4.69, 9.17) is 32.7 Å². The van der Waals surface area contributed by atoms with E-state index in [9.17, 15) is 14.2 Å². The Morgan fingerprint density at radius 2 is 1.58 bits per heavy atom. The summed E-state index contributed by atoms with van der Waals surface area (Å²) in [6.45, 7) is 7.36. The van der Waals surface area contributed by atoms with Crippen molar-refractivity contribution in [3.05, 3.63) is 29.8 Å². The second-order valence-corrected chi connectivity index (χ2v) is 10.2. The van der Waals surface area contributed by atoms with Crippen LogP contribution in [0.25, 0.3) is 5.52 Å². The summed E-state index contributed by atoms with van der Waals surface area (Å²) in [4.78, 5) is 27.2. The minimum Gasteiger partial charge on any atom is -0.432 e. The number of hydrogen-bond acceptors (Lipinski definition) is 12. The predicted octanol–water partition coefficient (Wildman–Crippen LogP) is 4.60. The number of aromatic nitrogens is 3. The number of carbonyl (C=O) groups excluding carboxylic acids is 2. The number of rotatable bonds is 15. The zero-order valence-electron chi connectivity index (χ0n) is 21.2. The van der Waals surface area contributed by atoms with Crippen LogP contribution in [0.1, 0.15) is 51.9 Å². The first kappa shape index (κ1) is 29.5. The molecule has 0 aliphatic carbocycles. The van der Waals surface area contributed by atoms with Crippen molar-refractivity contribution >= 4 is 25.4 Å². The third-order valence-corrected chi connectivity index (χ3v) is 5.96. The topological polar surface area (TPSA) is 146 Å². The Hall–Kier alpha value is -2.73. The third-order valence-electron chi connectivity index (χ3n) is 4.46. The van der Waals surface area contributed by atoms with Gasteiger partial charge in [-0.05, 0) is 66.0 Å². The fourth-order valence-corrected chi connectivity index (χ4v) is 3.86. The molecule has 0 bridgehead atoms. The maximum Gasteiger partial charge on any atom is 0.510 e. The molecule has 2 aromatic heterocycles. The first-order valence-electron chi connectivity index (χ1n) is 11.5. The van der Waals surface area contributed by atoms with Crippen molar-refractivity contribution in [2.75, 3.05) is 26.5 Å². The predicted molar refractivity (Wildman–Crippen MR) is 126 cm³/mol. The molecule has 0 amide bonds. The monoisotopic (exact) mass is 531 g/mol. The Labute approximate surface area is 209 Å². The van der Waals surface area contributed by atoms with Crippen molar-refractivity contribution in [1.82, 2.24) is 14.6 Å². The summed E-state index contributed by atoms with van der Waals surface area (Å²) in [5.41, 5.74) is 2.90. The second kappa shape index (κ2) is 14.7. The summed E-state index contributed by atoms with van der Waals surface area (Å²) >= 11 is 0. The molecular weight excluding hydrogens is 497 g/mol. The Kier molecular flexibility index (Phi) is 12.1. The van der Waals surface area contributed by atoms with Gasteiger partial charge in [-0.25, -0.2) is 19.1 Å². The minimum absolute atomic E-state index is 0.264. The van der Waals surface area contributed by atoms with Gasteiger partial charge in [0, 0.05) is 12.3 Å². The Bertz CT molecular complexity index is 995. The van der Waals surface area contributed by atoms with E-state index in [2.05, 4.69) is 10.1 Å². The first-order chi connectivity index (χ1) is 17.1. The van der Waals surface area contributed by atoms with Crippen molar-refractivity contribution in [1.29, 1.82) is 0 Å². The van der Waals surface area contributed by atoms with Crippen molar-refractivity contribution in [3.8, 4) is 0 Å². The molecular formula is C22H34N3O10P. The van der Waals surface area contributed by atoms with E-state index in [0.717, 1.165) is 29.7 Å². The highest BCUT2D eigenvalue weighted by molar-refractivity contribution is 7.53. The van der Waals surface area contributed by atoms with Gasteiger partial charge in [-0.15, -0.1) is 0 Å². The number of aryl methyl sites for hydroxylation is 2. The van der Waals surface area contributed by atoms with Gasteiger partial charge in [-0.1, -0.05) is 0 Å². The summed E-state index contributed by atoms with van der Waals surface area (Å²) < 4.78 is 49.6. The van der Waals surface area contributed by atoms with Gasteiger partial charge in [-0.2, -0.15) is 5.10 Å². The minimum atomic E-state index is -3.94. The van der Waals surface area contributed by atoms with Gasteiger partial charge in [0.25, 0.3) is 0 Å². The van der Waals surface area contributed by atoms with E-state index in [1.54, 1.807) is 27.7 Å². The van der Waals surface area contributed by atoms with E-state index in [-0.39, 0.29) is 6.61 Å². The van der Waals surface area contributed by atoms with Crippen molar-refractivity contribution in [2.45, 2.75) is 66.1 Å². The van der Waals surface area contributed by atoms with Crippen LogP contribution in [0.3, 0.4) is 0 Å². The highest BCUT2D eigenvalue weighted by Crippen LogP contribution is 2.48. The van der Waals surface area contributed by atoms with Crippen LogP contribution in [-0.2, 0) is 43.7 Å². The van der Waals surface area contributed by atoms with E-state index in [1.165, 1.54) is 6.33 Å². The normalized spacial score (nSPS) is 11.8. The molecule has 0 saturated heterocycles. The highest BCUT2D eigenvalue weighted by atomic mass is 31.2. The van der Waals surface area contributed by atoms with Gasteiger partial charge in [0.2, 0.25) is 13.6 Å². The summed E-state index contributed by atoms with van der Waals surface area (Å²) in [5.74, 6) is 0. The van der Waals surface area contributed by atoms with Gasteiger partial charge < -0.3 is 23.7 Å². The number of hydrogen-bond donors (Lipinski definition) is 0. The van der Waals surface area contributed by atoms with Gasteiger partial charge >= 0.3 is 19.9 Å². The zero-order valence-corrected chi connectivity index (χ0v) is 22.1. The average molecular weight is 531 g/mol. The molecule has 0 atom stereocenters. The van der Waals surface area contributed by atoms with Crippen molar-refractivity contribution in [3.63, 3.8) is 0 Å². The molecule has 0 aliphatic rings. The number of carbonyl (C=O) groups is 2. The van der Waals surface area contributed by atoms with E-state index in [1.807, 2.05) is 23.6 Å². The van der Waals surface area contributed by atoms with Crippen molar-refractivity contribution < 1.29 is 46.9 Å². The molecule has 2 aromatic rings. The lowest BCUT2D eigenvalue weighted by molar-refractivity contribution is -0.0343. The van der Waals surface area contributed by atoms with Crippen LogP contribution in [0, 0.1) is 6.92 Å². The lowest BCUT2D eigenvalue weighted by atomic mass is 10.2. The molecule has 0 unspecified atom stereocenters. The molecule has 14 heteroatoms. The summed E-state index contributed by atoms with van der Waals surface area (Å²) in [7, 11) is -3.94. The zero-order chi connectivity index (χ0) is 26.6. The molecule has 0 fully saturated rings. The molecule has 2 heterocycles. The molecule has 202 valence electrons. The highest BCUT2D eigenvalue weighted by Gasteiger charge is 2.27. The second-order valence-electron chi connectivity index (χ2n) is 8.19. The molecule has 2 rings (SSSR count). The number of fused-ring (bicyclic) bond motifs is 1. The molecule has 0 saturated carbocycles. The fourth-order valence-electron chi connectivity index (χ4n) is 2.86. The Morgan fingerprint density at radius 1 is 0.972 bits per heavy atom. The number of nitrogens with zero attached hydrogens (tertiary/aromatic N) is 3. The molecule has 0 radical (unpaired) electrons. The van der Waals surface area contributed by atoms with Crippen LogP contribution in [-0.4, -0.2) is 65.7 Å². The van der Waals surface area contributed by atoms with E-state index in [0.29, 0.717) is 6.42 Å². The molecule has 0 N–H and O–H groups in total. The van der Waals surface area contributed by atoms with E-state index < -0.39 is 52.0 Å². The maximum absolute atomic E-state index is 13.0. The lowest BCUT2D eigenvalue weighted by Gasteiger charge is -2.18. The Balaban J connectivity index is 1.78. The standard InChI is InChI=1S/C22H34N3O10P/c1-16(2)34-21(26)30-13-32-36(28,33-14-31-22(27)35-17(3)4)15-29-11-7-6-8-19-9-10-20-18(5)23-12-24-25(19)20/h9-10,12,16-17H,6-8,11,13-15H2,1-5H3. The summed E-state index contributed by atoms with van der Waals surface area (Å²) in [6, 6.07) is 3.98. The van der Waals surface area contributed by atoms with Crippen LogP contribution < -0.4 is 0 Å². The van der Waals surface area contributed by atoms with Crippen LogP contribution in [0.5, 0.6) is 0 Å². The van der Waals surface area contributed by atoms with Crippen LogP contribution in [0.15, 0.2) is 18.5 Å². The maximum atomic E-state index is 13.0. The Morgan fingerprint density at radius 3 is 2.17 bits per heavy atom. The number of ether oxygens (including phenoxy) is 5. The molecule has 0 aliphatic heterocycles. The van der Waals surface area contributed by atoms with Crippen molar-refractivity contribution in [2.24, 2.45) is 0 Å². The largest absolute Gasteiger partial charge is 0.510 e. The molecule has 13 nitrogen and oxygen atoms in total. The van der Waals surface area contributed by atoms with Gasteiger partial charge in [-0.3, -0.25) is 13.6 Å². The lowest BCUT2D eigenvalue weighted by Crippen LogP contribution is -2.17. The molecule has 0 aromatic carbocycles. The number of unbranched alkanes of at least 4 members (excludes halogenated alkanes) is 1. The van der Waals surface area contributed by atoms with Gasteiger partial charge in [0.15, 0.2) is 0 Å². The first-order valence-corrected chi connectivity index (χ1v) is 13.2. The van der Waals surface area contributed by atoms with Crippen LogP contribution >= 0.6 is 7.60 Å². The fraction of sp³-hybridized carbons (Fsp3) is 0.636.